The number of esters is 2. The zero-order valence-corrected chi connectivity index (χ0v) is 73.8. The fourth-order valence-electron chi connectivity index (χ4n) is 16.4. The van der Waals surface area contributed by atoms with E-state index >= 15 is 0 Å². The summed E-state index contributed by atoms with van der Waals surface area (Å²) in [6.07, 6.45) is 10.4. The van der Waals surface area contributed by atoms with Crippen molar-refractivity contribution in [3.63, 3.8) is 0 Å². The zero-order valence-electron chi connectivity index (χ0n) is 73.8. The highest BCUT2D eigenvalue weighted by Crippen LogP contribution is 2.49. The lowest BCUT2D eigenvalue weighted by molar-refractivity contribution is -0.0679. The second-order valence-electron chi connectivity index (χ2n) is 30.9. The Morgan fingerprint density at radius 1 is 0.336 bits per heavy atom. The van der Waals surface area contributed by atoms with Gasteiger partial charge in [-0.3, -0.25) is 0 Å². The normalized spacial score (nSPS) is 16.4. The maximum absolute atomic E-state index is 13.7. The molecule has 13 aromatic rings. The van der Waals surface area contributed by atoms with Crippen LogP contribution in [0.25, 0.3) is 65.3 Å². The van der Waals surface area contributed by atoms with Crippen LogP contribution >= 0.6 is 0 Å². The summed E-state index contributed by atoms with van der Waals surface area (Å²) in [5, 5.41) is 9.29. The summed E-state index contributed by atoms with van der Waals surface area (Å²) in [5.74, 6) is 7.29. The van der Waals surface area contributed by atoms with Crippen molar-refractivity contribution in [2.75, 3.05) is 53.0 Å². The summed E-state index contributed by atoms with van der Waals surface area (Å²) in [5.41, 5.74) is 9.27. The first-order valence-corrected chi connectivity index (χ1v) is 44.9. The molecule has 0 bridgehead atoms. The van der Waals surface area contributed by atoms with E-state index in [4.69, 9.17) is 47.4 Å². The van der Waals surface area contributed by atoms with E-state index in [0.717, 1.165) is 108 Å². The molecule has 0 saturated heterocycles. The molecule has 2 saturated carbocycles. The molecule has 2 aliphatic carbocycles. The second-order valence-corrected chi connectivity index (χ2v) is 30.9. The van der Waals surface area contributed by atoms with E-state index in [1.54, 1.807) is 0 Å². The highest BCUT2D eigenvalue weighted by Gasteiger charge is 2.34. The van der Waals surface area contributed by atoms with E-state index in [9.17, 15) is 9.59 Å². The molecule has 17 rings (SSSR count). The van der Waals surface area contributed by atoms with Crippen molar-refractivity contribution in [3.05, 3.63) is 312 Å². The van der Waals surface area contributed by atoms with Gasteiger partial charge >= 0.3 is 11.9 Å². The highest BCUT2D eigenvalue weighted by molar-refractivity contribution is 6.11. The number of hydrogen-bond donors (Lipinski definition) is 0. The third-order valence-corrected chi connectivity index (χ3v) is 22.8. The lowest BCUT2D eigenvalue weighted by Gasteiger charge is -2.28. The second kappa shape index (κ2) is 47.7. The number of ether oxygens (including phenoxy) is 10. The van der Waals surface area contributed by atoms with Gasteiger partial charge in [0.05, 0.1) is 43.5 Å². The summed E-state index contributed by atoms with van der Waals surface area (Å²) in [7, 11) is 0. The molecule has 0 N–H and O–H groups in total. The van der Waals surface area contributed by atoms with Crippen LogP contribution in [0.4, 0.5) is 0 Å². The smallest absolute Gasteiger partial charge is 0.338 e. The van der Waals surface area contributed by atoms with Crippen LogP contribution in [0.5, 0.6) is 34.5 Å². The van der Waals surface area contributed by atoms with Gasteiger partial charge in [0.25, 0.3) is 0 Å². The van der Waals surface area contributed by atoms with Gasteiger partial charge in [-0.2, -0.15) is 0 Å². The number of carbonyl (C=O) groups is 2. The minimum atomic E-state index is -0.845. The Bertz CT molecular complexity index is 5020. The van der Waals surface area contributed by atoms with Gasteiger partial charge in [-0.15, -0.1) is 0 Å². The Hall–Kier alpha value is -11.4. The van der Waals surface area contributed by atoms with Crippen molar-refractivity contribution in [1.29, 1.82) is 0 Å². The van der Waals surface area contributed by atoms with E-state index < -0.39 is 24.1 Å². The average Bonchev–Trinajstić information content (AvgIpc) is 1.14. The SMILES string of the molecule is CC.CC.CC.CC.CC1CCC(Cc2ccc(C(=O)O[C@H](c3ccccc3)[C@H](OC(=O)c3ccc(CC4CCC(C)CC4)cc3)c3ccccc3)cc2)CC1.CCOCC1COc2ccc3ccccc3c2-c2c(ccc3ccccc23)OC1.CCOc1ccc(OCOC2COc3ccc4ccccc4c3-c3c(ccc4ccccc34)OC2)cc1. The molecule has 638 valence electrons. The number of rotatable bonds is 20. The van der Waals surface area contributed by atoms with Crippen molar-refractivity contribution in [3.8, 4) is 56.8 Å². The third kappa shape index (κ3) is 24.3. The van der Waals surface area contributed by atoms with Gasteiger partial charge in [0.2, 0.25) is 0 Å². The summed E-state index contributed by atoms with van der Waals surface area (Å²) in [6.45, 7) is 28.5. The molecule has 4 aliphatic rings. The average molecular weight is 1640 g/mol. The molecule has 0 unspecified atom stereocenters. The molecule has 0 amide bonds. The summed E-state index contributed by atoms with van der Waals surface area (Å²) in [6, 6.07) is 92.7. The summed E-state index contributed by atoms with van der Waals surface area (Å²) in [4.78, 5) is 27.4. The van der Waals surface area contributed by atoms with Crippen LogP contribution in [0, 0.1) is 29.6 Å². The van der Waals surface area contributed by atoms with E-state index in [1.807, 2.05) is 191 Å². The Labute approximate surface area is 725 Å². The van der Waals surface area contributed by atoms with Gasteiger partial charge in [0.1, 0.15) is 53.8 Å². The van der Waals surface area contributed by atoms with Crippen molar-refractivity contribution in [2.45, 2.75) is 166 Å². The number of hydrogen-bond acceptors (Lipinski definition) is 12. The molecule has 12 heteroatoms. The van der Waals surface area contributed by atoms with Crippen LogP contribution < -0.4 is 28.4 Å². The van der Waals surface area contributed by atoms with Gasteiger partial charge in [-0.25, -0.2) is 9.59 Å². The van der Waals surface area contributed by atoms with Crippen LogP contribution in [0.1, 0.15) is 190 Å². The molecule has 0 radical (unpaired) electrons. The topological polar surface area (TPSA) is 126 Å². The first-order valence-electron chi connectivity index (χ1n) is 44.9. The minimum absolute atomic E-state index is 0.0839. The maximum Gasteiger partial charge on any atom is 0.338 e. The van der Waals surface area contributed by atoms with E-state index in [0.29, 0.717) is 75.0 Å². The van der Waals surface area contributed by atoms with E-state index in [-0.39, 0.29) is 18.8 Å². The molecular formula is C110H126O12. The van der Waals surface area contributed by atoms with Gasteiger partial charge in [0, 0.05) is 28.9 Å². The molecular weight excluding hydrogens is 1510 g/mol. The van der Waals surface area contributed by atoms with Crippen LogP contribution in [0.2, 0.25) is 0 Å². The maximum atomic E-state index is 13.7. The predicted molar refractivity (Wildman–Crippen MR) is 501 cm³/mol. The molecule has 2 fully saturated rings. The largest absolute Gasteiger partial charge is 0.494 e. The zero-order chi connectivity index (χ0) is 86.0. The highest BCUT2D eigenvalue weighted by atomic mass is 16.7. The molecule has 0 aromatic heterocycles. The van der Waals surface area contributed by atoms with Gasteiger partial charge in [-0.05, 0) is 214 Å². The van der Waals surface area contributed by atoms with Crippen molar-refractivity contribution >= 4 is 55.0 Å². The first kappa shape index (κ1) is 91.3. The predicted octanol–water partition coefficient (Wildman–Crippen LogP) is 28.4. The molecule has 2 heterocycles. The molecule has 2 atom stereocenters. The Kier molecular flexibility index (Phi) is 35.7. The lowest BCUT2D eigenvalue weighted by atomic mass is 9.80. The molecule has 2 aliphatic heterocycles. The van der Waals surface area contributed by atoms with Gasteiger partial charge in [0.15, 0.2) is 19.0 Å². The van der Waals surface area contributed by atoms with Crippen LogP contribution in [-0.2, 0) is 31.8 Å². The molecule has 0 spiro atoms. The fraction of sp³-hybridized carbons (Fsp3) is 0.345. The molecule has 13 aromatic carbocycles. The molecule has 12 nitrogen and oxygen atoms in total. The number of carbonyl (C=O) groups excluding carboxylic acids is 2. The van der Waals surface area contributed by atoms with Crippen LogP contribution in [0.3, 0.4) is 0 Å². The quantitative estimate of drug-likeness (QED) is 0.0532. The Morgan fingerprint density at radius 3 is 0.992 bits per heavy atom. The van der Waals surface area contributed by atoms with Crippen LogP contribution in [0.15, 0.2) is 279 Å². The standard InChI is InChI=1S/C44H50O4.C32H28O5.C26H24O3.4C2H6/c1-31-13-17-33(18-14-31)29-35-21-25-39(26-22-35)43(45)47-41(37-9-5-3-6-10-37)42(38-11-7-4-8-12-38)48-44(46)40-27-23-36(24-28-40)30-34-19-15-32(2)16-20-34;1-2-33-24-13-15-25(16-14-24)36-21-37-26-19-34-29-17-11-22-7-3-5-9-27(22)31(29)32-28-10-6-4-8-23(28)12-18-30(32)35-20-26;1-2-27-15-18-16-28-23-13-11-19-7-3-5-9-21(19)25(23)26-22-10-6-4-8-20(22)12-14-24(26)29-17-18;4*1-2/h3-12,21-28,31-34,41-42H,13-20,29-30H2,1-2H3;3-18,26H,2,19-21H2,1H3;3-14,18H,2,15-17H2,1H3;4*1-2H3/t31?,32?,33?,34?,41-,42-;;;;;;/m1....../s1. The molecule has 122 heavy (non-hydrogen) atoms. The van der Waals surface area contributed by atoms with Crippen molar-refractivity contribution in [2.24, 2.45) is 29.6 Å². The minimum Gasteiger partial charge on any atom is -0.494 e. The Balaban J connectivity index is 0.000000176. The Morgan fingerprint density at radius 2 is 0.656 bits per heavy atom. The monoisotopic (exact) mass is 1640 g/mol. The van der Waals surface area contributed by atoms with Gasteiger partial charge in [-0.1, -0.05) is 301 Å². The fourth-order valence-corrected chi connectivity index (χ4v) is 16.4. The van der Waals surface area contributed by atoms with Crippen molar-refractivity contribution in [1.82, 2.24) is 0 Å². The van der Waals surface area contributed by atoms with Gasteiger partial charge < -0.3 is 47.4 Å². The number of fused-ring (bicyclic) bond motifs is 14. The summed E-state index contributed by atoms with van der Waals surface area (Å²) < 4.78 is 61.1. The lowest BCUT2D eigenvalue weighted by Crippen LogP contribution is -2.30. The first-order chi connectivity index (χ1) is 60.1. The number of benzene rings is 13. The van der Waals surface area contributed by atoms with Crippen LogP contribution in [-0.4, -0.2) is 71.1 Å². The van der Waals surface area contributed by atoms with E-state index in [1.165, 1.54) is 84.0 Å². The van der Waals surface area contributed by atoms with E-state index in [2.05, 4.69) is 172 Å². The summed E-state index contributed by atoms with van der Waals surface area (Å²) >= 11 is 0. The van der Waals surface area contributed by atoms with Crippen molar-refractivity contribution < 1.29 is 57.0 Å². The third-order valence-electron chi connectivity index (χ3n) is 22.8.